The number of halogens is 1. The van der Waals surface area contributed by atoms with Gasteiger partial charge in [0.15, 0.2) is 0 Å². The van der Waals surface area contributed by atoms with Gasteiger partial charge in [-0.15, -0.1) is 0 Å². The molecule has 0 radical (unpaired) electrons. The SMILES string of the molecule is Cc1cc2c(-c3ccc[nH]c3=O)c(C(=O)O)n(Cc3cc(=O)n4ccccc4n3)c2cc1F. The van der Waals surface area contributed by atoms with Crippen molar-refractivity contribution in [3.8, 4) is 11.1 Å². The fourth-order valence-corrected chi connectivity index (χ4v) is 4.10. The van der Waals surface area contributed by atoms with Crippen LogP contribution in [0.5, 0.6) is 0 Å². The van der Waals surface area contributed by atoms with Gasteiger partial charge < -0.3 is 14.7 Å². The summed E-state index contributed by atoms with van der Waals surface area (Å²) < 4.78 is 17.3. The van der Waals surface area contributed by atoms with Gasteiger partial charge in [0, 0.05) is 35.0 Å². The number of aromatic nitrogens is 4. The predicted molar refractivity (Wildman–Crippen MR) is 120 cm³/mol. The Balaban J connectivity index is 1.84. The highest BCUT2D eigenvalue weighted by molar-refractivity contribution is 6.08. The molecular formula is C24H17FN4O4. The van der Waals surface area contributed by atoms with Crippen molar-refractivity contribution >= 4 is 22.5 Å². The highest BCUT2D eigenvalue weighted by atomic mass is 19.1. The van der Waals surface area contributed by atoms with Crippen LogP contribution in [-0.4, -0.2) is 30.0 Å². The molecule has 0 fully saturated rings. The van der Waals surface area contributed by atoms with Crippen LogP contribution >= 0.6 is 0 Å². The number of hydrogen-bond donors (Lipinski definition) is 2. The van der Waals surface area contributed by atoms with Crippen LogP contribution < -0.4 is 11.1 Å². The molecule has 0 aliphatic carbocycles. The quantitative estimate of drug-likeness (QED) is 0.442. The van der Waals surface area contributed by atoms with E-state index in [-0.39, 0.29) is 34.4 Å². The molecule has 0 amide bonds. The first-order valence-electron chi connectivity index (χ1n) is 10.1. The lowest BCUT2D eigenvalue weighted by Gasteiger charge is -2.10. The van der Waals surface area contributed by atoms with Gasteiger partial charge in [-0.3, -0.25) is 14.0 Å². The Labute approximate surface area is 185 Å². The van der Waals surface area contributed by atoms with Crippen molar-refractivity contribution in [1.29, 1.82) is 0 Å². The zero-order valence-corrected chi connectivity index (χ0v) is 17.4. The molecular weight excluding hydrogens is 427 g/mol. The van der Waals surface area contributed by atoms with Gasteiger partial charge in [0.25, 0.3) is 11.1 Å². The van der Waals surface area contributed by atoms with Gasteiger partial charge in [0.1, 0.15) is 17.2 Å². The predicted octanol–water partition coefficient (Wildman–Crippen LogP) is 3.20. The number of aryl methyl sites for hydroxylation is 1. The van der Waals surface area contributed by atoms with Crippen LogP contribution in [-0.2, 0) is 6.54 Å². The maximum atomic E-state index is 14.6. The molecule has 2 N–H and O–H groups in total. The molecule has 0 aliphatic rings. The minimum Gasteiger partial charge on any atom is -0.477 e. The number of carbonyl (C=O) groups is 1. The Morgan fingerprint density at radius 1 is 1.15 bits per heavy atom. The summed E-state index contributed by atoms with van der Waals surface area (Å²) in [4.78, 5) is 44.5. The number of carboxylic acid groups (broad SMARTS) is 1. The maximum Gasteiger partial charge on any atom is 0.353 e. The molecule has 0 bridgehead atoms. The molecule has 9 heteroatoms. The van der Waals surface area contributed by atoms with E-state index in [0.29, 0.717) is 22.3 Å². The number of benzene rings is 1. The normalized spacial score (nSPS) is 11.3. The third kappa shape index (κ3) is 3.30. The number of hydrogen-bond acceptors (Lipinski definition) is 4. The van der Waals surface area contributed by atoms with Crippen molar-refractivity contribution in [3.05, 3.63) is 104 Å². The van der Waals surface area contributed by atoms with Crippen molar-refractivity contribution in [2.75, 3.05) is 0 Å². The van der Waals surface area contributed by atoms with E-state index in [1.807, 2.05) is 0 Å². The molecule has 0 saturated carbocycles. The summed E-state index contributed by atoms with van der Waals surface area (Å²) >= 11 is 0. The maximum absolute atomic E-state index is 14.6. The van der Waals surface area contributed by atoms with Crippen LogP contribution in [0.15, 0.2) is 70.5 Å². The zero-order chi connectivity index (χ0) is 23.3. The first-order valence-corrected chi connectivity index (χ1v) is 10.1. The molecule has 5 rings (SSSR count). The smallest absolute Gasteiger partial charge is 0.353 e. The van der Waals surface area contributed by atoms with Crippen molar-refractivity contribution in [1.82, 2.24) is 18.9 Å². The van der Waals surface area contributed by atoms with Gasteiger partial charge in [-0.25, -0.2) is 14.2 Å². The fraction of sp³-hybridized carbons (Fsp3) is 0.0833. The van der Waals surface area contributed by atoms with Crippen molar-refractivity contribution in [3.63, 3.8) is 0 Å². The topological polar surface area (TPSA) is 109 Å². The highest BCUT2D eigenvalue weighted by Gasteiger charge is 2.26. The van der Waals surface area contributed by atoms with Crippen LogP contribution in [0.2, 0.25) is 0 Å². The molecule has 0 spiro atoms. The highest BCUT2D eigenvalue weighted by Crippen LogP contribution is 2.35. The molecule has 5 aromatic rings. The minimum absolute atomic E-state index is 0.105. The Morgan fingerprint density at radius 2 is 1.97 bits per heavy atom. The van der Waals surface area contributed by atoms with Crippen molar-refractivity contribution in [2.45, 2.75) is 13.5 Å². The summed E-state index contributed by atoms with van der Waals surface area (Å²) in [7, 11) is 0. The van der Waals surface area contributed by atoms with E-state index in [4.69, 9.17) is 0 Å². The third-order valence-corrected chi connectivity index (χ3v) is 5.58. The van der Waals surface area contributed by atoms with E-state index < -0.39 is 17.3 Å². The molecule has 0 unspecified atom stereocenters. The summed E-state index contributed by atoms with van der Waals surface area (Å²) in [5.74, 6) is -1.81. The molecule has 4 heterocycles. The lowest BCUT2D eigenvalue weighted by atomic mass is 10.0. The average Bonchev–Trinajstić information content (AvgIpc) is 3.07. The number of carboxylic acids is 1. The number of pyridine rings is 2. The van der Waals surface area contributed by atoms with E-state index >= 15 is 0 Å². The third-order valence-electron chi connectivity index (χ3n) is 5.58. The number of fused-ring (bicyclic) bond motifs is 2. The Kier molecular flexibility index (Phi) is 4.67. The van der Waals surface area contributed by atoms with Gasteiger partial charge in [-0.1, -0.05) is 6.07 Å². The monoisotopic (exact) mass is 444 g/mol. The van der Waals surface area contributed by atoms with Crippen LogP contribution in [0.25, 0.3) is 27.7 Å². The molecule has 33 heavy (non-hydrogen) atoms. The number of H-pyrrole nitrogens is 1. The van der Waals surface area contributed by atoms with Crippen molar-refractivity contribution in [2.24, 2.45) is 0 Å². The zero-order valence-electron chi connectivity index (χ0n) is 17.4. The molecule has 1 aromatic carbocycles. The van der Waals surface area contributed by atoms with Crippen molar-refractivity contribution < 1.29 is 14.3 Å². The molecule has 0 atom stereocenters. The summed E-state index contributed by atoms with van der Waals surface area (Å²) in [6, 6.07) is 12.3. The summed E-state index contributed by atoms with van der Waals surface area (Å²) in [5, 5.41) is 10.5. The van der Waals surface area contributed by atoms with Gasteiger partial charge >= 0.3 is 5.97 Å². The second-order valence-electron chi connectivity index (χ2n) is 7.66. The summed E-state index contributed by atoms with van der Waals surface area (Å²) in [6.45, 7) is 1.46. The Bertz CT molecular complexity index is 1700. The average molecular weight is 444 g/mol. The Hall–Kier alpha value is -4.53. The summed E-state index contributed by atoms with van der Waals surface area (Å²) in [5.41, 5.74) is 0.637. The lowest BCUT2D eigenvalue weighted by molar-refractivity contribution is 0.0687. The lowest BCUT2D eigenvalue weighted by Crippen LogP contribution is -2.18. The van der Waals surface area contributed by atoms with E-state index in [2.05, 4.69) is 9.97 Å². The molecule has 0 aliphatic heterocycles. The summed E-state index contributed by atoms with van der Waals surface area (Å²) in [6.07, 6.45) is 3.03. The molecule has 0 saturated heterocycles. The fourth-order valence-electron chi connectivity index (χ4n) is 4.10. The molecule has 8 nitrogen and oxygen atoms in total. The molecule has 164 valence electrons. The van der Waals surface area contributed by atoms with Crippen LogP contribution in [0.1, 0.15) is 21.7 Å². The first kappa shape index (κ1) is 20.4. The van der Waals surface area contributed by atoms with Gasteiger partial charge in [0.05, 0.1) is 17.8 Å². The van der Waals surface area contributed by atoms with E-state index in [9.17, 15) is 23.9 Å². The van der Waals surface area contributed by atoms with Crippen LogP contribution in [0, 0.1) is 12.7 Å². The number of rotatable bonds is 4. The second-order valence-corrected chi connectivity index (χ2v) is 7.66. The largest absolute Gasteiger partial charge is 0.477 e. The first-order chi connectivity index (χ1) is 15.8. The number of nitrogens with one attached hydrogen (secondary N) is 1. The van der Waals surface area contributed by atoms with E-state index in [0.717, 1.165) is 0 Å². The second kappa shape index (κ2) is 7.56. The number of aromatic amines is 1. The van der Waals surface area contributed by atoms with Gasteiger partial charge in [-0.05, 0) is 48.9 Å². The van der Waals surface area contributed by atoms with Crippen LogP contribution in [0.3, 0.4) is 0 Å². The van der Waals surface area contributed by atoms with Gasteiger partial charge in [-0.2, -0.15) is 0 Å². The Morgan fingerprint density at radius 3 is 2.73 bits per heavy atom. The van der Waals surface area contributed by atoms with Gasteiger partial charge in [0.2, 0.25) is 0 Å². The van der Waals surface area contributed by atoms with E-state index in [1.165, 1.54) is 39.4 Å². The number of nitrogens with zero attached hydrogens (tertiary/aromatic N) is 3. The molecule has 4 aromatic heterocycles. The standard InChI is InChI=1S/C24H17FN4O4/c1-13-9-16-18(11-17(13)25)29(12-14-10-20(30)28-8-3-2-6-19(28)27-14)22(24(32)33)21(16)15-5-4-7-26-23(15)31/h2-11H,12H2,1H3,(H,26,31)(H,32,33). The van der Waals surface area contributed by atoms with E-state index in [1.54, 1.807) is 37.4 Å². The minimum atomic E-state index is -1.29. The van der Waals surface area contributed by atoms with Crippen LogP contribution in [0.4, 0.5) is 4.39 Å². The number of aromatic carboxylic acids is 1.